The van der Waals surface area contributed by atoms with Crippen LogP contribution in [0.2, 0.25) is 0 Å². The van der Waals surface area contributed by atoms with Crippen LogP contribution in [0.4, 0.5) is 0 Å². The van der Waals surface area contributed by atoms with Crippen molar-refractivity contribution in [1.29, 1.82) is 0 Å². The van der Waals surface area contributed by atoms with Crippen LogP contribution in [0.1, 0.15) is 0 Å². The SMILES string of the molecule is O=S(=O)(Cl)c1cncc(I)c1I. The Labute approximate surface area is 102 Å². The maximum Gasteiger partial charge on any atom is 0.263 e. The van der Waals surface area contributed by atoms with Crippen LogP contribution in [-0.2, 0) is 9.05 Å². The monoisotopic (exact) mass is 429 g/mol. The first-order valence-corrected chi connectivity index (χ1v) is 7.13. The van der Waals surface area contributed by atoms with E-state index in [0.29, 0.717) is 3.57 Å². The zero-order valence-corrected chi connectivity index (χ0v) is 11.3. The van der Waals surface area contributed by atoms with Gasteiger partial charge in [-0.05, 0) is 45.2 Å². The summed E-state index contributed by atoms with van der Waals surface area (Å²) in [6, 6.07) is 0. The Bertz CT molecular complexity index is 406. The molecular weight excluding hydrogens is 427 g/mol. The molecule has 66 valence electrons. The van der Waals surface area contributed by atoms with Crippen LogP contribution in [0, 0.1) is 7.14 Å². The minimum absolute atomic E-state index is 0.0664. The average Bonchev–Trinajstić information content (AvgIpc) is 1.92. The van der Waals surface area contributed by atoms with Crippen LogP contribution in [0.3, 0.4) is 0 Å². The van der Waals surface area contributed by atoms with Crippen molar-refractivity contribution in [3.63, 3.8) is 0 Å². The second kappa shape index (κ2) is 3.93. The molecule has 3 nitrogen and oxygen atoms in total. The van der Waals surface area contributed by atoms with Crippen molar-refractivity contribution in [3.8, 4) is 0 Å². The van der Waals surface area contributed by atoms with Gasteiger partial charge < -0.3 is 0 Å². The number of nitrogens with zero attached hydrogens (tertiary/aromatic N) is 1. The fourth-order valence-electron chi connectivity index (χ4n) is 0.571. The summed E-state index contributed by atoms with van der Waals surface area (Å²) in [5.74, 6) is 0. The predicted octanol–water partition coefficient (Wildman–Crippen LogP) is 2.22. The maximum absolute atomic E-state index is 10.9. The Morgan fingerprint density at radius 2 is 1.92 bits per heavy atom. The van der Waals surface area contributed by atoms with Crippen LogP contribution in [-0.4, -0.2) is 13.4 Å². The highest BCUT2D eigenvalue weighted by atomic mass is 127. The minimum atomic E-state index is -3.66. The van der Waals surface area contributed by atoms with Crippen LogP contribution < -0.4 is 0 Å². The third-order valence-corrected chi connectivity index (χ3v) is 5.78. The molecule has 0 radical (unpaired) electrons. The normalized spacial score (nSPS) is 11.6. The van der Waals surface area contributed by atoms with Crippen molar-refractivity contribution >= 4 is 64.9 Å². The summed E-state index contributed by atoms with van der Waals surface area (Å²) in [5.41, 5.74) is 0. The number of pyridine rings is 1. The average molecular weight is 429 g/mol. The lowest BCUT2D eigenvalue weighted by Crippen LogP contribution is -1.97. The molecule has 0 aliphatic carbocycles. The van der Waals surface area contributed by atoms with Crippen molar-refractivity contribution in [2.75, 3.05) is 0 Å². The van der Waals surface area contributed by atoms with Crippen LogP contribution >= 0.6 is 55.9 Å². The number of rotatable bonds is 1. The van der Waals surface area contributed by atoms with E-state index in [2.05, 4.69) is 4.98 Å². The van der Waals surface area contributed by atoms with Crippen molar-refractivity contribution in [2.24, 2.45) is 0 Å². The van der Waals surface area contributed by atoms with Crippen molar-refractivity contribution < 1.29 is 8.42 Å². The summed E-state index contributed by atoms with van der Waals surface area (Å²) in [6.45, 7) is 0. The molecule has 12 heavy (non-hydrogen) atoms. The van der Waals surface area contributed by atoms with E-state index in [-0.39, 0.29) is 4.90 Å². The van der Waals surface area contributed by atoms with Gasteiger partial charge in [0.2, 0.25) is 0 Å². The Kier molecular flexibility index (Phi) is 3.58. The van der Waals surface area contributed by atoms with Gasteiger partial charge in [-0.2, -0.15) is 0 Å². The zero-order chi connectivity index (χ0) is 9.35. The quantitative estimate of drug-likeness (QED) is 0.508. The van der Waals surface area contributed by atoms with E-state index >= 15 is 0 Å². The first kappa shape index (κ1) is 10.9. The molecule has 0 unspecified atom stereocenters. The number of hydrogen-bond donors (Lipinski definition) is 0. The fourth-order valence-corrected chi connectivity index (χ4v) is 3.61. The zero-order valence-electron chi connectivity index (χ0n) is 5.46. The first-order chi connectivity index (χ1) is 5.43. The van der Waals surface area contributed by atoms with Crippen LogP contribution in [0.25, 0.3) is 0 Å². The Balaban J connectivity index is 3.47. The van der Waals surface area contributed by atoms with Crippen LogP contribution in [0.15, 0.2) is 17.3 Å². The maximum atomic E-state index is 10.9. The van der Waals surface area contributed by atoms with Gasteiger partial charge in [0, 0.05) is 30.2 Å². The van der Waals surface area contributed by atoms with E-state index in [1.54, 1.807) is 6.20 Å². The molecular formula is C5H2ClI2NO2S. The molecule has 0 spiro atoms. The van der Waals surface area contributed by atoms with Crippen molar-refractivity contribution in [2.45, 2.75) is 4.90 Å². The van der Waals surface area contributed by atoms with Gasteiger partial charge in [0.25, 0.3) is 9.05 Å². The molecule has 0 aliphatic rings. The Hall–Kier alpha value is 0.850. The van der Waals surface area contributed by atoms with Gasteiger partial charge in [-0.3, -0.25) is 4.98 Å². The molecule has 0 fully saturated rings. The van der Waals surface area contributed by atoms with Gasteiger partial charge >= 0.3 is 0 Å². The van der Waals surface area contributed by atoms with E-state index in [0.717, 1.165) is 3.57 Å². The minimum Gasteiger partial charge on any atom is -0.262 e. The molecule has 0 saturated carbocycles. The highest BCUT2D eigenvalue weighted by molar-refractivity contribution is 14.1. The lowest BCUT2D eigenvalue weighted by atomic mass is 10.5. The first-order valence-electron chi connectivity index (χ1n) is 2.66. The second-order valence-corrected chi connectivity index (χ2v) is 6.65. The summed E-state index contributed by atoms with van der Waals surface area (Å²) in [4.78, 5) is 3.80. The summed E-state index contributed by atoms with van der Waals surface area (Å²) in [5, 5.41) is 0. The molecule has 1 heterocycles. The molecule has 0 N–H and O–H groups in total. The standard InChI is InChI=1S/C5H2ClI2NO2S/c6-12(10,11)4-2-9-1-3(7)5(4)8/h1-2H. The van der Waals surface area contributed by atoms with E-state index in [4.69, 9.17) is 10.7 Å². The molecule has 7 heteroatoms. The van der Waals surface area contributed by atoms with E-state index in [1.807, 2.05) is 45.2 Å². The van der Waals surface area contributed by atoms with Gasteiger partial charge in [-0.25, -0.2) is 8.42 Å². The Morgan fingerprint density at radius 3 is 2.33 bits per heavy atom. The van der Waals surface area contributed by atoms with Gasteiger partial charge in [-0.15, -0.1) is 0 Å². The highest BCUT2D eigenvalue weighted by Gasteiger charge is 2.16. The van der Waals surface area contributed by atoms with Gasteiger partial charge in [0.1, 0.15) is 4.90 Å². The van der Waals surface area contributed by atoms with Gasteiger partial charge in [0.05, 0.1) is 0 Å². The molecule has 0 aromatic carbocycles. The molecule has 0 saturated heterocycles. The fraction of sp³-hybridized carbons (Fsp3) is 0. The molecule has 1 aromatic rings. The number of aromatic nitrogens is 1. The summed E-state index contributed by atoms with van der Waals surface area (Å²) >= 11 is 3.92. The third-order valence-electron chi connectivity index (χ3n) is 1.07. The lowest BCUT2D eigenvalue weighted by molar-refractivity contribution is 0.608. The molecule has 0 atom stereocenters. The van der Waals surface area contributed by atoms with Gasteiger partial charge in [0.15, 0.2) is 0 Å². The highest BCUT2D eigenvalue weighted by Crippen LogP contribution is 2.24. The number of halogens is 3. The molecule has 0 aliphatic heterocycles. The smallest absolute Gasteiger partial charge is 0.262 e. The van der Waals surface area contributed by atoms with Gasteiger partial charge in [-0.1, -0.05) is 0 Å². The Morgan fingerprint density at radius 1 is 1.33 bits per heavy atom. The summed E-state index contributed by atoms with van der Waals surface area (Å²) < 4.78 is 23.2. The van der Waals surface area contributed by atoms with E-state index in [1.165, 1.54) is 6.20 Å². The molecule has 1 rings (SSSR count). The molecule has 0 amide bonds. The second-order valence-electron chi connectivity index (χ2n) is 1.87. The van der Waals surface area contributed by atoms with Crippen molar-refractivity contribution in [3.05, 3.63) is 19.5 Å². The molecule has 1 aromatic heterocycles. The largest absolute Gasteiger partial charge is 0.263 e. The predicted molar refractivity (Wildman–Crippen MR) is 62.7 cm³/mol. The number of hydrogen-bond acceptors (Lipinski definition) is 3. The third kappa shape index (κ3) is 2.42. The summed E-state index contributed by atoms with van der Waals surface area (Å²) in [7, 11) is 1.50. The topological polar surface area (TPSA) is 47.0 Å². The van der Waals surface area contributed by atoms with E-state index in [9.17, 15) is 8.42 Å². The van der Waals surface area contributed by atoms with Crippen LogP contribution in [0.5, 0.6) is 0 Å². The lowest BCUT2D eigenvalue weighted by Gasteiger charge is -2.00. The van der Waals surface area contributed by atoms with Crippen molar-refractivity contribution in [1.82, 2.24) is 4.98 Å². The summed E-state index contributed by atoms with van der Waals surface area (Å²) in [6.07, 6.45) is 2.82. The van der Waals surface area contributed by atoms with E-state index < -0.39 is 9.05 Å². The molecule has 0 bridgehead atoms.